The Morgan fingerprint density at radius 3 is 1.70 bits per heavy atom. The lowest BCUT2D eigenvalue weighted by Gasteiger charge is -2.45. The summed E-state index contributed by atoms with van der Waals surface area (Å²) in [7, 11) is 0. The van der Waals surface area contributed by atoms with Gasteiger partial charge in [0.15, 0.2) is 6.61 Å². The summed E-state index contributed by atoms with van der Waals surface area (Å²) >= 11 is 0. The number of nitrogens with zero attached hydrogens (tertiary/aromatic N) is 1. The number of benzene rings is 3. The number of carbonyl (C=O) groups excluding carboxylic acids is 4. The summed E-state index contributed by atoms with van der Waals surface area (Å²) < 4.78 is 5.40. The van der Waals surface area contributed by atoms with Gasteiger partial charge < -0.3 is 10.1 Å². The van der Waals surface area contributed by atoms with Crippen LogP contribution in [-0.4, -0.2) is 41.2 Å². The van der Waals surface area contributed by atoms with E-state index in [0.29, 0.717) is 5.69 Å². The molecule has 4 aliphatic rings. The van der Waals surface area contributed by atoms with Crippen LogP contribution in [0, 0.1) is 17.8 Å². The van der Waals surface area contributed by atoms with Crippen LogP contribution < -0.4 is 5.32 Å². The van der Waals surface area contributed by atoms with E-state index in [1.165, 1.54) is 0 Å². The zero-order chi connectivity index (χ0) is 28.1. The van der Waals surface area contributed by atoms with Crippen LogP contribution in [0.2, 0.25) is 0 Å². The lowest BCUT2D eigenvalue weighted by molar-refractivity contribution is -0.162. The molecule has 3 aliphatic carbocycles. The Balaban J connectivity index is 1.24. The summed E-state index contributed by atoms with van der Waals surface area (Å²) in [5.74, 6) is -3.99. The normalized spacial score (nSPS) is 22.9. The Hall–Kier alpha value is -4.26. The van der Waals surface area contributed by atoms with E-state index in [-0.39, 0.29) is 23.7 Å². The van der Waals surface area contributed by atoms with Crippen LogP contribution >= 0.6 is 0 Å². The third kappa shape index (κ3) is 4.03. The van der Waals surface area contributed by atoms with Crippen molar-refractivity contribution in [2.24, 2.45) is 17.8 Å². The summed E-state index contributed by atoms with van der Waals surface area (Å²) in [5.41, 5.74) is 6.03. The Labute approximate surface area is 233 Å². The molecule has 7 nitrogen and oxygen atoms in total. The molecule has 0 unspecified atom stereocenters. The van der Waals surface area contributed by atoms with Crippen LogP contribution in [0.5, 0.6) is 0 Å². The lowest BCUT2D eigenvalue weighted by atomic mass is 9.55. The van der Waals surface area contributed by atoms with Gasteiger partial charge in [0.1, 0.15) is 6.04 Å². The van der Waals surface area contributed by atoms with Crippen molar-refractivity contribution in [3.8, 4) is 0 Å². The number of likely N-dealkylation sites (tertiary alicyclic amines) is 1. The number of ether oxygens (including phenoxy) is 1. The van der Waals surface area contributed by atoms with Crippen LogP contribution in [0.25, 0.3) is 0 Å². The van der Waals surface area contributed by atoms with Gasteiger partial charge in [-0.1, -0.05) is 81.4 Å². The molecule has 7 heteroatoms. The highest BCUT2D eigenvalue weighted by Crippen LogP contribution is 2.61. The predicted octanol–water partition coefficient (Wildman–Crippen LogP) is 4.65. The molecule has 3 aromatic rings. The second kappa shape index (κ2) is 10.0. The number of rotatable bonds is 7. The summed E-state index contributed by atoms with van der Waals surface area (Å²) in [4.78, 5) is 55.2. The fraction of sp³-hybridized carbons (Fsp3) is 0.333. The summed E-state index contributed by atoms with van der Waals surface area (Å²) in [5, 5.41) is 2.72. The van der Waals surface area contributed by atoms with Crippen molar-refractivity contribution in [2.45, 2.75) is 45.1 Å². The molecular weight excluding hydrogens is 504 g/mol. The van der Waals surface area contributed by atoms with Crippen LogP contribution in [0.3, 0.4) is 0 Å². The standard InChI is InChI=1S/C33H32N2O5/c1-4-19-13-15-20(16-14-19)34-25(36)17-40-33(39)30(18(2)3)35-31(37)28-26-21-9-5-6-10-22(21)27(29(28)32(35)38)24-12-8-7-11-23(24)26/h5-16,18,26-30H,4,17H2,1-3H3,(H,34,36)/t26?,27?,28-,29-,30-/m0/s1. The van der Waals surface area contributed by atoms with Gasteiger partial charge in [-0.25, -0.2) is 4.79 Å². The second-order valence-corrected chi connectivity index (χ2v) is 11.2. The fourth-order valence-electron chi connectivity index (χ4n) is 6.89. The third-order valence-electron chi connectivity index (χ3n) is 8.63. The zero-order valence-corrected chi connectivity index (χ0v) is 22.8. The van der Waals surface area contributed by atoms with Crippen molar-refractivity contribution in [2.75, 3.05) is 11.9 Å². The van der Waals surface area contributed by atoms with E-state index >= 15 is 0 Å². The first-order chi connectivity index (χ1) is 19.3. The number of esters is 1. The molecule has 0 saturated carbocycles. The molecule has 7 rings (SSSR count). The first-order valence-electron chi connectivity index (χ1n) is 13.9. The first kappa shape index (κ1) is 26.0. The van der Waals surface area contributed by atoms with E-state index in [1.807, 2.05) is 67.6 Å². The van der Waals surface area contributed by atoms with Gasteiger partial charge >= 0.3 is 5.97 Å². The molecule has 0 radical (unpaired) electrons. The van der Waals surface area contributed by atoms with E-state index in [2.05, 4.69) is 5.32 Å². The minimum absolute atomic E-state index is 0.252. The van der Waals surface area contributed by atoms with E-state index in [4.69, 9.17) is 4.74 Å². The lowest BCUT2D eigenvalue weighted by Crippen LogP contribution is -2.49. The fourth-order valence-corrected chi connectivity index (χ4v) is 6.89. The van der Waals surface area contributed by atoms with Gasteiger partial charge in [-0.2, -0.15) is 0 Å². The largest absolute Gasteiger partial charge is 0.454 e. The number of amides is 3. The Morgan fingerprint density at radius 2 is 1.27 bits per heavy atom. The molecule has 1 fully saturated rings. The SMILES string of the molecule is CCc1ccc(NC(=O)COC(=O)[C@H](C(C)C)N2C(=O)[C@H]3C4c5ccccc5C(c5ccccc54)[C@@H]3C2=O)cc1. The highest BCUT2D eigenvalue weighted by molar-refractivity contribution is 6.10. The van der Waals surface area contributed by atoms with E-state index in [1.54, 1.807) is 26.0 Å². The summed E-state index contributed by atoms with van der Waals surface area (Å²) in [6, 6.07) is 22.4. The average molecular weight is 537 g/mol. The maximum atomic E-state index is 14.1. The molecular formula is C33H32N2O5. The molecule has 0 spiro atoms. The summed E-state index contributed by atoms with van der Waals surface area (Å²) in [6.07, 6.45) is 0.887. The number of carbonyl (C=O) groups is 4. The van der Waals surface area contributed by atoms with Crippen molar-refractivity contribution in [1.29, 1.82) is 0 Å². The smallest absolute Gasteiger partial charge is 0.330 e. The molecule has 1 aliphatic heterocycles. The van der Waals surface area contributed by atoms with E-state index in [9.17, 15) is 19.2 Å². The van der Waals surface area contributed by atoms with E-state index < -0.39 is 42.3 Å². The third-order valence-corrected chi connectivity index (χ3v) is 8.63. The van der Waals surface area contributed by atoms with Gasteiger partial charge in [-0.05, 0) is 52.3 Å². The minimum Gasteiger partial charge on any atom is -0.454 e. The highest BCUT2D eigenvalue weighted by atomic mass is 16.5. The van der Waals surface area contributed by atoms with Crippen molar-refractivity contribution in [3.05, 3.63) is 101 Å². The average Bonchev–Trinajstić information content (AvgIpc) is 3.22. The number of hydrogen-bond donors (Lipinski definition) is 1. The molecule has 0 aromatic heterocycles. The molecule has 3 amide bonds. The van der Waals surface area contributed by atoms with Crippen molar-refractivity contribution in [1.82, 2.24) is 4.90 Å². The highest BCUT2D eigenvalue weighted by Gasteiger charge is 2.63. The molecule has 3 atom stereocenters. The number of nitrogens with one attached hydrogen (secondary N) is 1. The monoisotopic (exact) mass is 536 g/mol. The minimum atomic E-state index is -1.12. The molecule has 3 aromatic carbocycles. The first-order valence-corrected chi connectivity index (χ1v) is 13.9. The Kier molecular flexibility index (Phi) is 6.53. The van der Waals surface area contributed by atoms with Crippen LogP contribution in [0.15, 0.2) is 72.8 Å². The van der Waals surface area contributed by atoms with Gasteiger partial charge in [0, 0.05) is 17.5 Å². The summed E-state index contributed by atoms with van der Waals surface area (Å²) in [6.45, 7) is 5.10. The van der Waals surface area contributed by atoms with Crippen molar-refractivity contribution in [3.63, 3.8) is 0 Å². The van der Waals surface area contributed by atoms with Crippen molar-refractivity contribution >= 4 is 29.4 Å². The number of imide groups is 1. The van der Waals surface area contributed by atoms with Crippen LogP contribution in [0.4, 0.5) is 5.69 Å². The molecule has 1 heterocycles. The molecule has 40 heavy (non-hydrogen) atoms. The van der Waals surface area contributed by atoms with Gasteiger partial charge in [0.25, 0.3) is 5.91 Å². The van der Waals surface area contributed by atoms with Gasteiger partial charge in [-0.15, -0.1) is 0 Å². The molecule has 1 N–H and O–H groups in total. The molecule has 2 bridgehead atoms. The zero-order valence-electron chi connectivity index (χ0n) is 22.8. The van der Waals surface area contributed by atoms with Crippen LogP contribution in [0.1, 0.15) is 60.4 Å². The molecule has 1 saturated heterocycles. The Bertz CT molecular complexity index is 1400. The predicted molar refractivity (Wildman–Crippen MR) is 149 cm³/mol. The van der Waals surface area contributed by atoms with Gasteiger partial charge in [0.05, 0.1) is 11.8 Å². The van der Waals surface area contributed by atoms with Gasteiger partial charge in [-0.3, -0.25) is 19.3 Å². The maximum Gasteiger partial charge on any atom is 0.330 e. The second-order valence-electron chi connectivity index (χ2n) is 11.2. The van der Waals surface area contributed by atoms with Gasteiger partial charge in [0.2, 0.25) is 11.8 Å². The quantitative estimate of drug-likeness (QED) is 0.351. The number of hydrogen-bond acceptors (Lipinski definition) is 5. The number of aryl methyl sites for hydroxylation is 1. The van der Waals surface area contributed by atoms with Crippen molar-refractivity contribution < 1.29 is 23.9 Å². The molecule has 204 valence electrons. The van der Waals surface area contributed by atoms with Crippen LogP contribution in [-0.2, 0) is 30.3 Å². The Morgan fingerprint density at radius 1 is 0.800 bits per heavy atom. The number of anilines is 1. The van der Waals surface area contributed by atoms with E-state index in [0.717, 1.165) is 39.1 Å². The topological polar surface area (TPSA) is 92.8 Å². The maximum absolute atomic E-state index is 14.1.